The largest absolute Gasteiger partial charge is 0.744 e. The van der Waals surface area contributed by atoms with Crippen LogP contribution >= 0.6 is 0 Å². The molecule has 1 aliphatic rings. The van der Waals surface area contributed by atoms with Crippen molar-refractivity contribution in [1.82, 2.24) is 0 Å². The Morgan fingerprint density at radius 2 is 1.27 bits per heavy atom. The summed E-state index contributed by atoms with van der Waals surface area (Å²) < 4.78 is 36.5. The van der Waals surface area contributed by atoms with Crippen LogP contribution in [-0.2, 0) is 21.0 Å². The first-order valence-corrected chi connectivity index (χ1v) is 17.1. The smallest absolute Gasteiger partial charge is 0.155 e. The molecule has 1 aliphatic carbocycles. The number of benzene rings is 2. The van der Waals surface area contributed by atoms with Gasteiger partial charge in [-0.2, -0.15) is 0 Å². The summed E-state index contributed by atoms with van der Waals surface area (Å²) in [6.07, 6.45) is 20.2. The lowest BCUT2D eigenvalue weighted by Crippen LogP contribution is -2.13. The van der Waals surface area contributed by atoms with Gasteiger partial charge < -0.3 is 9.29 Å². The minimum absolute atomic E-state index is 0.178. The van der Waals surface area contributed by atoms with Gasteiger partial charge in [0.15, 0.2) is 4.90 Å². The van der Waals surface area contributed by atoms with Crippen LogP contribution in [0, 0.1) is 6.92 Å². The van der Waals surface area contributed by atoms with Gasteiger partial charge in [0.25, 0.3) is 0 Å². The number of hydrogen-bond acceptors (Lipinski definition) is 4. The molecule has 1 unspecified atom stereocenters. The molecule has 0 bridgehead atoms. The van der Waals surface area contributed by atoms with Gasteiger partial charge in [0.2, 0.25) is 0 Å². The average molecular weight is 549 g/mol. The van der Waals surface area contributed by atoms with Crippen LogP contribution in [0.3, 0.4) is 0 Å². The van der Waals surface area contributed by atoms with Crippen LogP contribution in [0.2, 0.25) is 0 Å². The maximum atomic E-state index is 10.4. The number of aryl methyl sites for hydroxylation is 1. The van der Waals surface area contributed by atoms with Crippen molar-refractivity contribution >= 4 is 21.0 Å². The van der Waals surface area contributed by atoms with Crippen molar-refractivity contribution in [2.75, 3.05) is 12.9 Å². The zero-order valence-corrected chi connectivity index (χ0v) is 24.9. The second-order valence-corrected chi connectivity index (χ2v) is 13.9. The summed E-state index contributed by atoms with van der Waals surface area (Å²) in [5.41, 5.74) is 0.928. The summed E-state index contributed by atoms with van der Waals surface area (Å²) >= 11 is 0. The van der Waals surface area contributed by atoms with Crippen LogP contribution in [0.15, 0.2) is 58.3 Å². The Morgan fingerprint density at radius 1 is 0.784 bits per heavy atom. The van der Waals surface area contributed by atoms with E-state index in [-0.39, 0.29) is 4.90 Å². The van der Waals surface area contributed by atoms with E-state index < -0.39 is 10.1 Å². The summed E-state index contributed by atoms with van der Waals surface area (Å²) in [4.78, 5) is 1.39. The zero-order chi connectivity index (χ0) is 26.9. The molecule has 0 N–H and O–H groups in total. The van der Waals surface area contributed by atoms with Crippen molar-refractivity contribution in [3.05, 3.63) is 54.1 Å². The Bertz CT molecular complexity index is 952. The summed E-state index contributed by atoms with van der Waals surface area (Å²) in [6, 6.07) is 14.7. The molecular formula is C31H48O4S2. The van der Waals surface area contributed by atoms with Gasteiger partial charge in [-0.05, 0) is 56.2 Å². The van der Waals surface area contributed by atoms with Crippen molar-refractivity contribution in [2.24, 2.45) is 0 Å². The lowest BCUT2D eigenvalue weighted by atomic mass is 10.1. The topological polar surface area (TPSA) is 66.4 Å². The molecule has 1 saturated carbocycles. The Hall–Kier alpha value is -1.50. The third kappa shape index (κ3) is 13.7. The number of hydrogen-bond donors (Lipinski definition) is 0. The fourth-order valence-electron chi connectivity index (χ4n) is 4.38. The van der Waals surface area contributed by atoms with E-state index in [4.69, 9.17) is 4.74 Å². The molecule has 3 rings (SSSR count). The number of unbranched alkanes of at least 4 members (excludes halogenated alkanes) is 11. The minimum Gasteiger partial charge on any atom is -0.744 e. The molecule has 208 valence electrons. The molecule has 0 amide bonds. The molecule has 37 heavy (non-hydrogen) atoms. The van der Waals surface area contributed by atoms with Crippen molar-refractivity contribution in [1.29, 1.82) is 0 Å². The van der Waals surface area contributed by atoms with Gasteiger partial charge in [-0.15, -0.1) is 0 Å². The molecule has 2 aromatic rings. The van der Waals surface area contributed by atoms with Crippen LogP contribution in [0.25, 0.3) is 0 Å². The fraction of sp³-hybridized carbons (Fsp3) is 0.613. The Morgan fingerprint density at radius 3 is 1.70 bits per heavy atom. The summed E-state index contributed by atoms with van der Waals surface area (Å²) in [5.74, 6) is 2.40. The molecule has 0 saturated heterocycles. The van der Waals surface area contributed by atoms with E-state index in [0.29, 0.717) is 10.9 Å². The molecule has 0 spiro atoms. The van der Waals surface area contributed by atoms with Crippen LogP contribution in [-0.4, -0.2) is 31.1 Å². The molecule has 6 heteroatoms. The predicted molar refractivity (Wildman–Crippen MR) is 157 cm³/mol. The van der Waals surface area contributed by atoms with Gasteiger partial charge in [-0.1, -0.05) is 88.8 Å². The van der Waals surface area contributed by atoms with E-state index in [1.54, 1.807) is 24.1 Å². The zero-order valence-electron chi connectivity index (χ0n) is 23.3. The van der Waals surface area contributed by atoms with Crippen molar-refractivity contribution in [3.63, 3.8) is 0 Å². The Kier molecular flexibility index (Phi) is 15.3. The van der Waals surface area contributed by atoms with Gasteiger partial charge in [-0.3, -0.25) is 0 Å². The summed E-state index contributed by atoms with van der Waals surface area (Å²) in [6.45, 7) is 4.12. The molecule has 0 heterocycles. The van der Waals surface area contributed by atoms with Crippen molar-refractivity contribution in [2.45, 2.75) is 119 Å². The number of rotatable bonds is 17. The molecule has 1 atom stereocenters. The lowest BCUT2D eigenvalue weighted by molar-refractivity contribution is 0.414. The van der Waals surface area contributed by atoms with Crippen molar-refractivity contribution in [3.8, 4) is 5.75 Å². The summed E-state index contributed by atoms with van der Waals surface area (Å²) in [7, 11) is -2.03. The first-order chi connectivity index (χ1) is 17.8. The number of methoxy groups -OCH3 is 1. The highest BCUT2D eigenvalue weighted by molar-refractivity contribution is 7.97. The number of ether oxygens (including phenoxy) is 1. The van der Waals surface area contributed by atoms with Crippen LogP contribution in [0.4, 0.5) is 0 Å². The maximum absolute atomic E-state index is 10.4. The van der Waals surface area contributed by atoms with E-state index in [1.807, 2.05) is 6.92 Å². The van der Waals surface area contributed by atoms with Gasteiger partial charge in [0.1, 0.15) is 26.9 Å². The predicted octanol–water partition coefficient (Wildman–Crippen LogP) is 8.44. The van der Waals surface area contributed by atoms with E-state index in [9.17, 15) is 13.0 Å². The third-order valence-corrected chi connectivity index (χ3v) is 10.5. The van der Waals surface area contributed by atoms with Gasteiger partial charge in [0.05, 0.1) is 12.0 Å². The SMILES string of the molecule is CCCCCCCCCCCCCC[S+](c1ccc(OC)cc1)C1CC1.Cc1ccc(S(=O)(=O)[O-])cc1. The molecule has 0 aliphatic heterocycles. The minimum atomic E-state index is -4.27. The molecule has 0 radical (unpaired) electrons. The molecule has 2 aromatic carbocycles. The van der Waals surface area contributed by atoms with Crippen LogP contribution in [0.5, 0.6) is 5.75 Å². The quantitative estimate of drug-likeness (QED) is 0.113. The van der Waals surface area contributed by atoms with E-state index >= 15 is 0 Å². The highest BCUT2D eigenvalue weighted by Gasteiger charge is 2.41. The molecule has 0 aromatic heterocycles. The van der Waals surface area contributed by atoms with E-state index in [2.05, 4.69) is 31.2 Å². The second-order valence-electron chi connectivity index (χ2n) is 10.2. The van der Waals surface area contributed by atoms with Gasteiger partial charge in [-0.25, -0.2) is 8.42 Å². The van der Waals surface area contributed by atoms with Crippen molar-refractivity contribution < 1.29 is 17.7 Å². The first-order valence-electron chi connectivity index (χ1n) is 14.2. The maximum Gasteiger partial charge on any atom is 0.155 e. The normalized spacial score (nSPS) is 14.1. The van der Waals surface area contributed by atoms with E-state index in [0.717, 1.165) is 16.6 Å². The van der Waals surface area contributed by atoms with Gasteiger partial charge >= 0.3 is 0 Å². The standard InChI is InChI=1S/C24H41OS.C7H8O3S/c1-3-4-5-6-7-8-9-10-11-12-13-14-21-26(24-19-20-24)23-17-15-22(25-2)16-18-23;1-6-2-4-7(5-3-6)11(8,9)10/h15-18,24H,3-14,19-21H2,1-2H3;2-5H,1H3,(H,8,9,10)/q+1;/p-1. The highest BCUT2D eigenvalue weighted by Crippen LogP contribution is 2.36. The molecular weight excluding hydrogens is 500 g/mol. The average Bonchev–Trinajstić information content (AvgIpc) is 3.72. The monoisotopic (exact) mass is 548 g/mol. The Labute approximate surface area is 229 Å². The second kappa shape index (κ2) is 17.9. The molecule has 1 fully saturated rings. The summed E-state index contributed by atoms with van der Waals surface area (Å²) in [5, 5.41) is 0.983. The fourth-order valence-corrected chi connectivity index (χ4v) is 7.51. The lowest BCUT2D eigenvalue weighted by Gasteiger charge is -2.08. The molecule has 4 nitrogen and oxygen atoms in total. The van der Waals surface area contributed by atoms with E-state index in [1.165, 1.54) is 108 Å². The Balaban J connectivity index is 0.000000364. The van der Waals surface area contributed by atoms with Gasteiger partial charge in [0, 0.05) is 23.7 Å². The van der Waals surface area contributed by atoms with Crippen LogP contribution in [0.1, 0.15) is 102 Å². The third-order valence-electron chi connectivity index (χ3n) is 6.82. The first kappa shape index (κ1) is 31.7. The van der Waals surface area contributed by atoms with Crippen LogP contribution < -0.4 is 4.74 Å². The highest BCUT2D eigenvalue weighted by atomic mass is 32.2.